The molecule has 2 N–H and O–H groups in total. The van der Waals surface area contributed by atoms with Crippen LogP contribution in [0.2, 0.25) is 0 Å². The number of nitrogens with two attached hydrogens (primary N) is 1. The van der Waals surface area contributed by atoms with Crippen molar-refractivity contribution in [3.8, 4) is 11.5 Å². The molecule has 0 fully saturated rings. The minimum absolute atomic E-state index is 0.689. The molecule has 0 aromatic heterocycles. The maximum atomic E-state index is 7.45. The normalized spacial score (nSPS) is 12.3. The van der Waals surface area contributed by atoms with Gasteiger partial charge in [0.15, 0.2) is 0 Å². The van der Waals surface area contributed by atoms with Crippen LogP contribution in [0.3, 0.4) is 0 Å². The van der Waals surface area contributed by atoms with Crippen LogP contribution in [-0.2, 0) is 5.41 Å². The summed E-state index contributed by atoms with van der Waals surface area (Å²) in [6.07, 6.45) is 0. The first-order valence-electron chi connectivity index (χ1n) is 20.2. The number of ether oxygens (including phenoxy) is 1. The summed E-state index contributed by atoms with van der Waals surface area (Å²) >= 11 is 0. The molecule has 1 aliphatic rings. The van der Waals surface area contributed by atoms with Crippen molar-refractivity contribution in [3.05, 3.63) is 265 Å². The lowest BCUT2D eigenvalue weighted by Crippen LogP contribution is -2.34. The number of para-hydroxylation sites is 6. The Hall–Kier alpha value is -7.86. The highest BCUT2D eigenvalue weighted by Gasteiger charge is 2.45. The van der Waals surface area contributed by atoms with Crippen molar-refractivity contribution >= 4 is 45.5 Å². The molecule has 9 aromatic carbocycles. The van der Waals surface area contributed by atoms with E-state index in [9.17, 15) is 0 Å². The standard InChI is InChI=1S/C55H42N4O/c56-59(47-32-20-23-42(37-47)55(41-21-6-1-7-22-41)51-33-16-18-35-53(51)60-54-36-19-17-34-52(54)55)50-39-48(57(43-24-8-2-9-25-43)44-26-10-3-11-27-44)38-49(40-50)58(45-28-12-4-13-29-45)46-30-14-5-15-31-46/h1-40H,56H2. The first kappa shape index (κ1) is 36.5. The lowest BCUT2D eigenvalue weighted by Gasteiger charge is -2.41. The molecule has 10 rings (SSSR count). The molecular weight excluding hydrogens is 733 g/mol. The summed E-state index contributed by atoms with van der Waals surface area (Å²) in [6.45, 7) is 0. The highest BCUT2D eigenvalue weighted by molar-refractivity contribution is 5.87. The molecule has 288 valence electrons. The fraction of sp³-hybridized carbons (Fsp3) is 0.0182. The molecule has 0 unspecified atom stereocenters. The predicted molar refractivity (Wildman–Crippen MR) is 247 cm³/mol. The number of nitrogens with zero attached hydrogens (tertiary/aromatic N) is 3. The average molecular weight is 775 g/mol. The summed E-state index contributed by atoms with van der Waals surface area (Å²) in [4.78, 5) is 4.57. The van der Waals surface area contributed by atoms with Gasteiger partial charge in [-0.1, -0.05) is 152 Å². The van der Waals surface area contributed by atoms with E-state index in [0.717, 1.165) is 79.3 Å². The third-order valence-electron chi connectivity index (χ3n) is 11.3. The van der Waals surface area contributed by atoms with Gasteiger partial charge < -0.3 is 14.5 Å². The zero-order chi connectivity index (χ0) is 40.3. The Morgan fingerprint density at radius 3 is 1.10 bits per heavy atom. The number of rotatable bonds is 10. The van der Waals surface area contributed by atoms with Gasteiger partial charge in [-0.2, -0.15) is 0 Å². The van der Waals surface area contributed by atoms with Crippen LogP contribution >= 0.6 is 0 Å². The summed E-state index contributed by atoms with van der Waals surface area (Å²) in [5.41, 5.74) is 11.4. The minimum atomic E-state index is -0.689. The quantitative estimate of drug-likeness (QED) is 0.111. The van der Waals surface area contributed by atoms with Gasteiger partial charge in [0, 0.05) is 33.9 Å². The van der Waals surface area contributed by atoms with E-state index in [1.54, 1.807) is 0 Å². The topological polar surface area (TPSA) is 45.0 Å². The van der Waals surface area contributed by atoms with Gasteiger partial charge in [0.1, 0.15) is 11.5 Å². The molecule has 60 heavy (non-hydrogen) atoms. The largest absolute Gasteiger partial charge is 0.457 e. The molecule has 1 heterocycles. The Morgan fingerprint density at radius 1 is 0.300 bits per heavy atom. The number of hydrogen-bond donors (Lipinski definition) is 1. The zero-order valence-corrected chi connectivity index (χ0v) is 32.9. The third-order valence-corrected chi connectivity index (χ3v) is 11.3. The molecule has 9 aromatic rings. The number of hydrazine groups is 1. The second-order valence-corrected chi connectivity index (χ2v) is 14.9. The van der Waals surface area contributed by atoms with Crippen molar-refractivity contribution in [1.29, 1.82) is 0 Å². The smallest absolute Gasteiger partial charge is 0.132 e. The van der Waals surface area contributed by atoms with Gasteiger partial charge in [-0.3, -0.25) is 5.01 Å². The molecule has 5 nitrogen and oxygen atoms in total. The van der Waals surface area contributed by atoms with Gasteiger partial charge in [0.05, 0.1) is 28.2 Å². The number of hydrogen-bond acceptors (Lipinski definition) is 5. The maximum Gasteiger partial charge on any atom is 0.132 e. The monoisotopic (exact) mass is 774 g/mol. The molecular formula is C55H42N4O. The Morgan fingerprint density at radius 2 is 0.650 bits per heavy atom. The van der Waals surface area contributed by atoms with Crippen molar-refractivity contribution in [1.82, 2.24) is 0 Å². The molecule has 0 spiro atoms. The highest BCUT2D eigenvalue weighted by Crippen LogP contribution is 2.55. The lowest BCUT2D eigenvalue weighted by molar-refractivity contribution is 0.434. The summed E-state index contributed by atoms with van der Waals surface area (Å²) in [5.74, 6) is 9.11. The molecule has 5 heteroatoms. The van der Waals surface area contributed by atoms with Gasteiger partial charge >= 0.3 is 0 Å². The first-order chi connectivity index (χ1) is 29.7. The van der Waals surface area contributed by atoms with E-state index in [-0.39, 0.29) is 0 Å². The maximum absolute atomic E-state index is 7.45. The Balaban J connectivity index is 1.19. The molecule has 1 aliphatic heterocycles. The second-order valence-electron chi connectivity index (χ2n) is 14.9. The Bertz CT molecular complexity index is 2640. The SMILES string of the molecule is NN(c1cc(N(c2ccccc2)c2ccccc2)cc(N(c2ccccc2)c2ccccc2)c1)c1cccc(C2(c3ccccc3)c3ccccc3Oc3ccccc32)c1. The van der Waals surface area contributed by atoms with E-state index in [0.29, 0.717) is 0 Å². The van der Waals surface area contributed by atoms with Crippen molar-refractivity contribution in [2.75, 3.05) is 14.8 Å². The first-order valence-corrected chi connectivity index (χ1v) is 20.2. The summed E-state index contributed by atoms with van der Waals surface area (Å²) in [5, 5.41) is 1.81. The van der Waals surface area contributed by atoms with E-state index in [1.165, 1.54) is 0 Å². The van der Waals surface area contributed by atoms with Gasteiger partial charge in [0.2, 0.25) is 0 Å². The zero-order valence-electron chi connectivity index (χ0n) is 32.9. The summed E-state index contributed by atoms with van der Waals surface area (Å²) < 4.78 is 6.60. The van der Waals surface area contributed by atoms with Crippen LogP contribution in [0.1, 0.15) is 22.3 Å². The molecule has 0 aliphatic carbocycles. The fourth-order valence-corrected chi connectivity index (χ4v) is 8.69. The predicted octanol–water partition coefficient (Wildman–Crippen LogP) is 14.1. The molecule has 0 radical (unpaired) electrons. The van der Waals surface area contributed by atoms with Crippen molar-refractivity contribution in [2.24, 2.45) is 5.84 Å². The van der Waals surface area contributed by atoms with Crippen molar-refractivity contribution in [3.63, 3.8) is 0 Å². The van der Waals surface area contributed by atoms with Crippen LogP contribution in [0, 0.1) is 0 Å². The number of anilines is 8. The van der Waals surface area contributed by atoms with Crippen LogP contribution in [0.15, 0.2) is 243 Å². The molecule has 0 saturated carbocycles. The Kier molecular flexibility index (Phi) is 9.62. The molecule has 0 amide bonds. The van der Waals surface area contributed by atoms with Gasteiger partial charge in [-0.05, 0) is 102 Å². The van der Waals surface area contributed by atoms with E-state index < -0.39 is 5.41 Å². The number of fused-ring (bicyclic) bond motifs is 2. The fourth-order valence-electron chi connectivity index (χ4n) is 8.69. The highest BCUT2D eigenvalue weighted by atomic mass is 16.5. The molecule has 0 bridgehead atoms. The van der Waals surface area contributed by atoms with E-state index in [4.69, 9.17) is 10.6 Å². The lowest BCUT2D eigenvalue weighted by atomic mass is 9.63. The summed E-state index contributed by atoms with van der Waals surface area (Å²) in [6, 6.07) is 84.6. The van der Waals surface area contributed by atoms with Gasteiger partial charge in [-0.15, -0.1) is 0 Å². The molecule has 0 atom stereocenters. The van der Waals surface area contributed by atoms with Crippen LogP contribution in [0.5, 0.6) is 11.5 Å². The van der Waals surface area contributed by atoms with Crippen LogP contribution in [-0.4, -0.2) is 0 Å². The Labute approximate surface area is 351 Å². The third kappa shape index (κ3) is 6.53. The summed E-state index contributed by atoms with van der Waals surface area (Å²) in [7, 11) is 0. The molecule has 0 saturated heterocycles. The van der Waals surface area contributed by atoms with Crippen LogP contribution in [0.4, 0.5) is 45.5 Å². The van der Waals surface area contributed by atoms with Crippen LogP contribution < -0.4 is 25.4 Å². The van der Waals surface area contributed by atoms with E-state index in [1.807, 2.05) is 41.4 Å². The van der Waals surface area contributed by atoms with Crippen molar-refractivity contribution in [2.45, 2.75) is 5.41 Å². The number of benzene rings is 9. The average Bonchev–Trinajstić information content (AvgIpc) is 3.32. The van der Waals surface area contributed by atoms with Gasteiger partial charge in [0.25, 0.3) is 0 Å². The van der Waals surface area contributed by atoms with E-state index >= 15 is 0 Å². The minimum Gasteiger partial charge on any atom is -0.457 e. The second kappa shape index (κ2) is 15.8. The van der Waals surface area contributed by atoms with E-state index in [2.05, 4.69) is 216 Å². The van der Waals surface area contributed by atoms with Crippen molar-refractivity contribution < 1.29 is 4.74 Å². The van der Waals surface area contributed by atoms with Crippen LogP contribution in [0.25, 0.3) is 0 Å². The van der Waals surface area contributed by atoms with Gasteiger partial charge in [-0.25, -0.2) is 5.84 Å².